The van der Waals surface area contributed by atoms with Crippen molar-refractivity contribution in [2.75, 3.05) is 0 Å². The third-order valence-electron chi connectivity index (χ3n) is 0.482. The SMILES string of the molecule is CC(=O)O/N=C/C(N)=N/O. The van der Waals surface area contributed by atoms with Gasteiger partial charge < -0.3 is 15.8 Å². The maximum absolute atomic E-state index is 10.0. The van der Waals surface area contributed by atoms with E-state index in [-0.39, 0.29) is 5.84 Å². The van der Waals surface area contributed by atoms with Crippen molar-refractivity contribution >= 4 is 18.0 Å². The van der Waals surface area contributed by atoms with Gasteiger partial charge in [-0.25, -0.2) is 4.79 Å². The van der Waals surface area contributed by atoms with Gasteiger partial charge in [-0.15, -0.1) is 0 Å². The lowest BCUT2D eigenvalue weighted by Crippen LogP contribution is -2.13. The zero-order valence-electron chi connectivity index (χ0n) is 5.31. The van der Waals surface area contributed by atoms with E-state index in [4.69, 9.17) is 10.9 Å². The summed E-state index contributed by atoms with van der Waals surface area (Å²) in [5.74, 6) is -0.803. The molecule has 0 aliphatic heterocycles. The standard InChI is InChI=1S/C4H7N3O3/c1-3(8)10-6-2-4(5)7-9/h2,9H,1H3,(H2,5,7)/b6-2+. The van der Waals surface area contributed by atoms with Gasteiger partial charge in [0.1, 0.15) is 6.21 Å². The van der Waals surface area contributed by atoms with Crippen molar-refractivity contribution in [2.24, 2.45) is 16.0 Å². The molecular weight excluding hydrogens is 138 g/mol. The Labute approximate surface area is 56.9 Å². The molecule has 6 heteroatoms. The Balaban J connectivity index is 3.67. The van der Waals surface area contributed by atoms with E-state index < -0.39 is 5.97 Å². The molecule has 0 amide bonds. The second kappa shape index (κ2) is 4.30. The van der Waals surface area contributed by atoms with Gasteiger partial charge in [0.25, 0.3) is 0 Å². The van der Waals surface area contributed by atoms with Crippen LogP contribution >= 0.6 is 0 Å². The van der Waals surface area contributed by atoms with Crippen LogP contribution in [0.2, 0.25) is 0 Å². The van der Waals surface area contributed by atoms with E-state index in [0.29, 0.717) is 0 Å². The molecule has 0 saturated heterocycles. The predicted octanol–water partition coefficient (Wildman–Crippen LogP) is -0.718. The highest BCUT2D eigenvalue weighted by atomic mass is 16.7. The molecule has 0 aromatic rings. The molecule has 0 aromatic heterocycles. The van der Waals surface area contributed by atoms with Gasteiger partial charge in [0.15, 0.2) is 5.84 Å². The molecule has 0 saturated carbocycles. The van der Waals surface area contributed by atoms with Crippen molar-refractivity contribution in [2.45, 2.75) is 6.92 Å². The number of amidine groups is 1. The van der Waals surface area contributed by atoms with Crippen LogP contribution in [0.1, 0.15) is 6.92 Å². The van der Waals surface area contributed by atoms with Gasteiger partial charge in [-0.05, 0) is 0 Å². The van der Waals surface area contributed by atoms with Gasteiger partial charge in [-0.2, -0.15) is 0 Å². The van der Waals surface area contributed by atoms with Crippen LogP contribution in [0.4, 0.5) is 0 Å². The van der Waals surface area contributed by atoms with E-state index in [2.05, 4.69) is 15.1 Å². The van der Waals surface area contributed by atoms with Gasteiger partial charge in [0, 0.05) is 6.92 Å². The zero-order valence-corrected chi connectivity index (χ0v) is 5.31. The average molecular weight is 145 g/mol. The monoisotopic (exact) mass is 145 g/mol. The lowest BCUT2D eigenvalue weighted by atomic mass is 10.7. The first-order valence-corrected chi connectivity index (χ1v) is 2.35. The van der Waals surface area contributed by atoms with Crippen LogP contribution in [0.3, 0.4) is 0 Å². The fraction of sp³-hybridized carbons (Fsp3) is 0.250. The predicted molar refractivity (Wildman–Crippen MR) is 33.7 cm³/mol. The number of hydrogen-bond acceptors (Lipinski definition) is 5. The minimum absolute atomic E-state index is 0.235. The summed E-state index contributed by atoms with van der Waals surface area (Å²) in [6.45, 7) is 1.18. The Hall–Kier alpha value is -1.59. The molecule has 56 valence electrons. The second-order valence-corrected chi connectivity index (χ2v) is 1.34. The molecule has 0 rings (SSSR count). The lowest BCUT2D eigenvalue weighted by molar-refractivity contribution is -0.140. The van der Waals surface area contributed by atoms with Crippen LogP contribution in [0.25, 0.3) is 0 Å². The number of hydrogen-bond donors (Lipinski definition) is 2. The van der Waals surface area contributed by atoms with Crippen LogP contribution in [-0.2, 0) is 9.63 Å². The summed E-state index contributed by atoms with van der Waals surface area (Å²) < 4.78 is 0. The van der Waals surface area contributed by atoms with Crippen LogP contribution in [0, 0.1) is 0 Å². The highest BCUT2D eigenvalue weighted by Gasteiger charge is 1.87. The first kappa shape index (κ1) is 8.41. The zero-order chi connectivity index (χ0) is 7.98. The minimum Gasteiger partial charge on any atom is -0.409 e. The van der Waals surface area contributed by atoms with Crippen molar-refractivity contribution in [3.05, 3.63) is 0 Å². The summed E-state index contributed by atoms with van der Waals surface area (Å²) in [4.78, 5) is 14.1. The summed E-state index contributed by atoms with van der Waals surface area (Å²) in [6, 6.07) is 0. The van der Waals surface area contributed by atoms with E-state index in [1.165, 1.54) is 6.92 Å². The molecule has 0 atom stereocenters. The van der Waals surface area contributed by atoms with Crippen LogP contribution in [0.15, 0.2) is 10.3 Å². The number of oxime groups is 2. The van der Waals surface area contributed by atoms with Crippen molar-refractivity contribution in [1.82, 2.24) is 0 Å². The maximum Gasteiger partial charge on any atom is 0.331 e. The molecule has 3 N–H and O–H groups in total. The van der Waals surface area contributed by atoms with Crippen LogP contribution < -0.4 is 5.73 Å². The van der Waals surface area contributed by atoms with Crippen molar-refractivity contribution in [3.8, 4) is 0 Å². The molecular formula is C4H7N3O3. The molecule has 10 heavy (non-hydrogen) atoms. The molecule has 0 fully saturated rings. The third-order valence-corrected chi connectivity index (χ3v) is 0.482. The molecule has 0 unspecified atom stereocenters. The van der Waals surface area contributed by atoms with Crippen LogP contribution in [-0.4, -0.2) is 23.2 Å². The number of carbonyl (C=O) groups excluding carboxylic acids is 1. The topological polar surface area (TPSA) is 97.3 Å². The van der Waals surface area contributed by atoms with Gasteiger partial charge in [-0.3, -0.25) is 0 Å². The van der Waals surface area contributed by atoms with E-state index in [1.54, 1.807) is 0 Å². The summed E-state index contributed by atoms with van der Waals surface area (Å²) in [5, 5.41) is 13.5. The molecule has 0 aliphatic carbocycles. The molecule has 6 nitrogen and oxygen atoms in total. The Morgan fingerprint density at radius 3 is 2.80 bits per heavy atom. The fourth-order valence-electron chi connectivity index (χ4n) is 0.180. The molecule has 0 aliphatic rings. The van der Waals surface area contributed by atoms with Crippen molar-refractivity contribution < 1.29 is 14.8 Å². The molecule has 0 spiro atoms. The molecule has 0 aromatic carbocycles. The Kier molecular flexibility index (Phi) is 3.62. The first-order chi connectivity index (χ1) is 4.66. The maximum atomic E-state index is 10.0. The number of nitrogens with zero attached hydrogens (tertiary/aromatic N) is 2. The van der Waals surface area contributed by atoms with E-state index in [9.17, 15) is 4.79 Å². The third kappa shape index (κ3) is 4.57. The summed E-state index contributed by atoms with van der Waals surface area (Å²) >= 11 is 0. The first-order valence-electron chi connectivity index (χ1n) is 2.35. The highest BCUT2D eigenvalue weighted by molar-refractivity contribution is 6.28. The second-order valence-electron chi connectivity index (χ2n) is 1.34. The highest BCUT2D eigenvalue weighted by Crippen LogP contribution is 1.73. The Bertz CT molecular complexity index is 175. The summed E-state index contributed by atoms with van der Waals surface area (Å²) in [6.07, 6.45) is 0.904. The van der Waals surface area contributed by atoms with Gasteiger partial charge in [0.05, 0.1) is 0 Å². The van der Waals surface area contributed by atoms with Gasteiger partial charge in [0.2, 0.25) is 0 Å². The van der Waals surface area contributed by atoms with E-state index in [0.717, 1.165) is 6.21 Å². The number of carbonyl (C=O) groups is 1. The van der Waals surface area contributed by atoms with Crippen LogP contribution in [0.5, 0.6) is 0 Å². The normalized spacial score (nSPS) is 11.9. The number of rotatable bonds is 2. The lowest BCUT2D eigenvalue weighted by Gasteiger charge is -1.86. The molecule has 0 bridgehead atoms. The van der Waals surface area contributed by atoms with Crippen molar-refractivity contribution in [3.63, 3.8) is 0 Å². The molecule has 0 heterocycles. The smallest absolute Gasteiger partial charge is 0.331 e. The van der Waals surface area contributed by atoms with Gasteiger partial charge >= 0.3 is 5.97 Å². The fourth-order valence-corrected chi connectivity index (χ4v) is 0.180. The Morgan fingerprint density at radius 2 is 2.40 bits per heavy atom. The largest absolute Gasteiger partial charge is 0.409 e. The van der Waals surface area contributed by atoms with Crippen molar-refractivity contribution in [1.29, 1.82) is 0 Å². The van der Waals surface area contributed by atoms with E-state index in [1.807, 2.05) is 0 Å². The Morgan fingerprint density at radius 1 is 1.80 bits per heavy atom. The summed E-state index contributed by atoms with van der Waals surface area (Å²) in [7, 11) is 0. The molecule has 0 radical (unpaired) electrons. The summed E-state index contributed by atoms with van der Waals surface area (Å²) in [5.41, 5.74) is 4.92. The quantitative estimate of drug-likeness (QED) is 0.176. The number of nitrogens with two attached hydrogens (primary N) is 1. The van der Waals surface area contributed by atoms with Gasteiger partial charge in [-0.1, -0.05) is 10.3 Å². The average Bonchev–Trinajstić information content (AvgIpc) is 1.87. The minimum atomic E-state index is -0.568. The van der Waals surface area contributed by atoms with E-state index >= 15 is 0 Å².